The van der Waals surface area contributed by atoms with Crippen LogP contribution in [-0.4, -0.2) is 60.9 Å². The summed E-state index contributed by atoms with van der Waals surface area (Å²) < 4.78 is 0. The van der Waals surface area contributed by atoms with Crippen LogP contribution in [0.2, 0.25) is 0 Å². The molecule has 1 aromatic rings. The molecule has 3 rings (SSSR count). The van der Waals surface area contributed by atoms with Crippen LogP contribution in [0, 0.1) is 5.92 Å². The number of likely N-dealkylation sites (tertiary alicyclic amines) is 1. The molecule has 2 heterocycles. The Kier molecular flexibility index (Phi) is 7.72. The fourth-order valence-electron chi connectivity index (χ4n) is 3.57. The monoisotopic (exact) mass is 365 g/mol. The summed E-state index contributed by atoms with van der Waals surface area (Å²) >= 11 is 0. The molecule has 0 saturated carbocycles. The van der Waals surface area contributed by atoms with Gasteiger partial charge in [0.25, 0.3) is 0 Å². The highest BCUT2D eigenvalue weighted by atomic mass is 35.5. The van der Waals surface area contributed by atoms with Crippen molar-refractivity contribution in [3.05, 3.63) is 35.9 Å². The Morgan fingerprint density at radius 3 is 2.24 bits per heavy atom. The maximum absolute atomic E-state index is 12.5. The van der Waals surface area contributed by atoms with Gasteiger partial charge in [0.15, 0.2) is 0 Å². The summed E-state index contributed by atoms with van der Waals surface area (Å²) in [6.45, 7) is 4.85. The van der Waals surface area contributed by atoms with E-state index in [0.717, 1.165) is 58.5 Å². The molecule has 1 aromatic carbocycles. The molecule has 2 fully saturated rings. The molecule has 2 aliphatic rings. The van der Waals surface area contributed by atoms with Gasteiger partial charge in [0.05, 0.1) is 0 Å². The van der Waals surface area contributed by atoms with E-state index in [1.807, 2.05) is 28.0 Å². The van der Waals surface area contributed by atoms with E-state index < -0.39 is 0 Å². The van der Waals surface area contributed by atoms with Crippen LogP contribution in [0.5, 0.6) is 0 Å². The Hall–Kier alpha value is -1.59. The number of rotatable bonds is 4. The van der Waals surface area contributed by atoms with Crippen LogP contribution in [0.1, 0.15) is 24.8 Å². The van der Waals surface area contributed by atoms with E-state index in [2.05, 4.69) is 17.4 Å². The number of carbonyl (C=O) groups is 2. The first-order valence-corrected chi connectivity index (χ1v) is 9.05. The van der Waals surface area contributed by atoms with Crippen LogP contribution in [-0.2, 0) is 16.0 Å². The van der Waals surface area contributed by atoms with Crippen molar-refractivity contribution in [1.29, 1.82) is 0 Å². The number of carbonyl (C=O) groups excluding carboxylic acids is 2. The molecular weight excluding hydrogens is 338 g/mol. The lowest BCUT2D eigenvalue weighted by atomic mass is 9.94. The Bertz CT molecular complexity index is 553. The van der Waals surface area contributed by atoms with Gasteiger partial charge in [0, 0.05) is 51.6 Å². The predicted molar refractivity (Wildman–Crippen MR) is 101 cm³/mol. The Labute approximate surface area is 156 Å². The zero-order valence-corrected chi connectivity index (χ0v) is 15.5. The maximum atomic E-state index is 12.5. The third-order valence-electron chi connectivity index (χ3n) is 5.10. The normalized spacial score (nSPS) is 18.6. The fraction of sp³-hybridized carbons (Fsp3) is 0.579. The summed E-state index contributed by atoms with van der Waals surface area (Å²) in [5, 5.41) is 3.28. The molecule has 5 nitrogen and oxygen atoms in total. The van der Waals surface area contributed by atoms with Crippen molar-refractivity contribution in [2.24, 2.45) is 5.92 Å². The second-order valence-corrected chi connectivity index (χ2v) is 6.72. The van der Waals surface area contributed by atoms with E-state index in [4.69, 9.17) is 0 Å². The van der Waals surface area contributed by atoms with Crippen molar-refractivity contribution < 1.29 is 9.59 Å². The highest BCUT2D eigenvalue weighted by Gasteiger charge is 2.30. The number of hydrogen-bond donors (Lipinski definition) is 1. The Balaban J connectivity index is 0.00000225. The highest BCUT2D eigenvalue weighted by molar-refractivity contribution is 5.85. The minimum absolute atomic E-state index is 0. The van der Waals surface area contributed by atoms with Gasteiger partial charge in [0.2, 0.25) is 11.8 Å². The summed E-state index contributed by atoms with van der Waals surface area (Å²) in [6.07, 6.45) is 2.96. The zero-order valence-electron chi connectivity index (χ0n) is 14.7. The van der Waals surface area contributed by atoms with Crippen molar-refractivity contribution in [3.63, 3.8) is 0 Å². The molecule has 0 aliphatic carbocycles. The number of benzene rings is 1. The molecule has 6 heteroatoms. The number of nitrogens with one attached hydrogen (secondary N) is 1. The van der Waals surface area contributed by atoms with Gasteiger partial charge in [-0.2, -0.15) is 0 Å². The first-order valence-electron chi connectivity index (χ1n) is 9.05. The fourth-order valence-corrected chi connectivity index (χ4v) is 3.57. The van der Waals surface area contributed by atoms with E-state index in [-0.39, 0.29) is 30.1 Å². The molecule has 1 N–H and O–H groups in total. The molecule has 138 valence electrons. The molecule has 2 aliphatic heterocycles. The first kappa shape index (κ1) is 19.7. The molecule has 0 spiro atoms. The van der Waals surface area contributed by atoms with Crippen LogP contribution in [0.4, 0.5) is 0 Å². The third-order valence-corrected chi connectivity index (χ3v) is 5.10. The van der Waals surface area contributed by atoms with Crippen molar-refractivity contribution >= 4 is 24.2 Å². The van der Waals surface area contributed by atoms with E-state index in [0.29, 0.717) is 6.42 Å². The minimum Gasteiger partial charge on any atom is -0.343 e. The molecule has 0 unspecified atom stereocenters. The lowest BCUT2D eigenvalue weighted by molar-refractivity contribution is -0.141. The van der Waals surface area contributed by atoms with Gasteiger partial charge in [-0.05, 0) is 24.8 Å². The van der Waals surface area contributed by atoms with Crippen molar-refractivity contribution in [2.45, 2.75) is 25.7 Å². The standard InChI is InChI=1S/C19H27N3O2.ClH/c23-18(7-6-16-4-2-1-3-5-16)21-12-8-17(9-13-21)19(24)22-14-10-20-11-15-22;/h1-5,17,20H,6-15H2;1H. The Morgan fingerprint density at radius 2 is 1.60 bits per heavy atom. The summed E-state index contributed by atoms with van der Waals surface area (Å²) in [6, 6.07) is 10.1. The number of nitrogens with zero attached hydrogens (tertiary/aromatic N) is 2. The van der Waals surface area contributed by atoms with Gasteiger partial charge >= 0.3 is 0 Å². The largest absolute Gasteiger partial charge is 0.343 e. The van der Waals surface area contributed by atoms with Crippen molar-refractivity contribution in [1.82, 2.24) is 15.1 Å². The average Bonchev–Trinajstić information content (AvgIpc) is 2.67. The molecule has 25 heavy (non-hydrogen) atoms. The molecule has 0 aromatic heterocycles. The van der Waals surface area contributed by atoms with Crippen LogP contribution in [0.3, 0.4) is 0 Å². The number of amides is 2. The van der Waals surface area contributed by atoms with Crippen LogP contribution >= 0.6 is 12.4 Å². The summed E-state index contributed by atoms with van der Waals surface area (Å²) in [7, 11) is 0. The molecule has 0 atom stereocenters. The van der Waals surface area contributed by atoms with Crippen LogP contribution in [0.15, 0.2) is 30.3 Å². The van der Waals surface area contributed by atoms with Crippen molar-refractivity contribution in [2.75, 3.05) is 39.3 Å². The van der Waals surface area contributed by atoms with Gasteiger partial charge in [-0.3, -0.25) is 9.59 Å². The number of aryl methyl sites for hydroxylation is 1. The van der Waals surface area contributed by atoms with Gasteiger partial charge in [0.1, 0.15) is 0 Å². The van der Waals surface area contributed by atoms with Gasteiger partial charge in [-0.25, -0.2) is 0 Å². The first-order chi connectivity index (χ1) is 11.7. The molecular formula is C19H28ClN3O2. The molecule has 2 amide bonds. The topological polar surface area (TPSA) is 52.7 Å². The quantitative estimate of drug-likeness (QED) is 0.883. The van der Waals surface area contributed by atoms with Crippen molar-refractivity contribution in [3.8, 4) is 0 Å². The molecule has 0 bridgehead atoms. The van der Waals surface area contributed by atoms with E-state index in [1.54, 1.807) is 0 Å². The summed E-state index contributed by atoms with van der Waals surface area (Å²) in [5.41, 5.74) is 1.20. The smallest absolute Gasteiger partial charge is 0.225 e. The average molecular weight is 366 g/mol. The zero-order chi connectivity index (χ0) is 16.8. The lowest BCUT2D eigenvalue weighted by Crippen LogP contribution is -2.50. The predicted octanol–water partition coefficient (Wildman–Crippen LogP) is 1.71. The van der Waals surface area contributed by atoms with E-state index >= 15 is 0 Å². The summed E-state index contributed by atoms with van der Waals surface area (Å²) in [4.78, 5) is 28.8. The number of piperidine rings is 1. The number of hydrogen-bond acceptors (Lipinski definition) is 3. The second kappa shape index (κ2) is 9.78. The van der Waals surface area contributed by atoms with Crippen LogP contribution < -0.4 is 5.32 Å². The van der Waals surface area contributed by atoms with Crippen LogP contribution in [0.25, 0.3) is 0 Å². The SMILES string of the molecule is Cl.O=C(CCc1ccccc1)N1CCC(C(=O)N2CCNCC2)CC1. The third kappa shape index (κ3) is 5.44. The number of piperazine rings is 1. The van der Waals surface area contributed by atoms with Gasteiger partial charge < -0.3 is 15.1 Å². The van der Waals surface area contributed by atoms with E-state index in [9.17, 15) is 9.59 Å². The summed E-state index contributed by atoms with van der Waals surface area (Å²) in [5.74, 6) is 0.598. The molecule has 0 radical (unpaired) electrons. The highest BCUT2D eigenvalue weighted by Crippen LogP contribution is 2.21. The lowest BCUT2D eigenvalue weighted by Gasteiger charge is -2.35. The maximum Gasteiger partial charge on any atom is 0.225 e. The van der Waals surface area contributed by atoms with Gasteiger partial charge in [-0.1, -0.05) is 30.3 Å². The van der Waals surface area contributed by atoms with Gasteiger partial charge in [-0.15, -0.1) is 12.4 Å². The van der Waals surface area contributed by atoms with E-state index in [1.165, 1.54) is 5.56 Å². The second-order valence-electron chi connectivity index (χ2n) is 6.72. The molecule has 2 saturated heterocycles. The number of halogens is 1. The Morgan fingerprint density at radius 1 is 0.960 bits per heavy atom. The minimum atomic E-state index is 0.